The largest absolute Gasteiger partial charge is 0.398 e. The molecular formula is C15H12FN3O. The predicted molar refractivity (Wildman–Crippen MR) is 74.3 cm³/mol. The monoisotopic (exact) mass is 269 g/mol. The summed E-state index contributed by atoms with van der Waals surface area (Å²) >= 11 is 0. The van der Waals surface area contributed by atoms with E-state index < -0.39 is 5.82 Å². The van der Waals surface area contributed by atoms with Crippen LogP contribution < -0.4 is 5.73 Å². The third kappa shape index (κ3) is 2.14. The van der Waals surface area contributed by atoms with Crippen molar-refractivity contribution in [1.82, 2.24) is 10.1 Å². The van der Waals surface area contributed by atoms with Crippen molar-refractivity contribution in [3.63, 3.8) is 0 Å². The van der Waals surface area contributed by atoms with Crippen LogP contribution in [0.4, 0.5) is 10.1 Å². The van der Waals surface area contributed by atoms with E-state index in [4.69, 9.17) is 10.3 Å². The summed E-state index contributed by atoms with van der Waals surface area (Å²) in [5, 5.41) is 3.81. The van der Waals surface area contributed by atoms with Crippen LogP contribution in [-0.2, 0) is 0 Å². The van der Waals surface area contributed by atoms with Crippen LogP contribution in [0, 0.1) is 12.7 Å². The summed E-state index contributed by atoms with van der Waals surface area (Å²) < 4.78 is 18.9. The van der Waals surface area contributed by atoms with Crippen LogP contribution in [0.15, 0.2) is 47.0 Å². The van der Waals surface area contributed by atoms with Crippen LogP contribution >= 0.6 is 0 Å². The summed E-state index contributed by atoms with van der Waals surface area (Å²) in [6, 6.07) is 11.8. The Morgan fingerprint density at radius 2 is 1.90 bits per heavy atom. The first-order valence-electron chi connectivity index (χ1n) is 6.10. The normalized spacial score (nSPS) is 10.7. The highest BCUT2D eigenvalue weighted by molar-refractivity contribution is 5.72. The van der Waals surface area contributed by atoms with Crippen LogP contribution in [0.1, 0.15) is 5.56 Å². The Labute approximate surface area is 115 Å². The molecule has 3 rings (SSSR count). The van der Waals surface area contributed by atoms with E-state index in [2.05, 4.69) is 10.1 Å². The van der Waals surface area contributed by atoms with E-state index in [1.54, 1.807) is 24.3 Å². The van der Waals surface area contributed by atoms with Gasteiger partial charge in [-0.15, -0.1) is 0 Å². The zero-order valence-electron chi connectivity index (χ0n) is 10.8. The minimum absolute atomic E-state index is 0.207. The number of hydrogen-bond donors (Lipinski definition) is 1. The number of nitrogens with two attached hydrogens (primary N) is 1. The van der Waals surface area contributed by atoms with E-state index in [9.17, 15) is 4.39 Å². The number of aromatic nitrogens is 2. The molecule has 0 unspecified atom stereocenters. The molecule has 1 aromatic heterocycles. The molecule has 5 heteroatoms. The molecule has 0 bridgehead atoms. The van der Waals surface area contributed by atoms with E-state index in [0.717, 1.165) is 5.56 Å². The maximum Gasteiger partial charge on any atom is 0.260 e. The van der Waals surface area contributed by atoms with Crippen molar-refractivity contribution in [2.24, 2.45) is 0 Å². The predicted octanol–water partition coefficient (Wildman–Crippen LogP) is 3.43. The fourth-order valence-electron chi connectivity index (χ4n) is 1.94. The fraction of sp³-hybridized carbons (Fsp3) is 0.0667. The summed E-state index contributed by atoms with van der Waals surface area (Å²) in [7, 11) is 0. The van der Waals surface area contributed by atoms with Gasteiger partial charge in [-0.2, -0.15) is 4.98 Å². The van der Waals surface area contributed by atoms with Gasteiger partial charge < -0.3 is 10.3 Å². The SMILES string of the molecule is Cc1ccc(N)c(-c2nc(-c3ccccc3F)no2)c1. The molecule has 3 aromatic rings. The lowest BCUT2D eigenvalue weighted by molar-refractivity contribution is 0.432. The molecule has 100 valence electrons. The molecule has 0 aliphatic carbocycles. The highest BCUT2D eigenvalue weighted by Crippen LogP contribution is 2.28. The number of aryl methyl sites for hydroxylation is 1. The van der Waals surface area contributed by atoms with Gasteiger partial charge in [0.25, 0.3) is 5.89 Å². The molecular weight excluding hydrogens is 257 g/mol. The second-order valence-electron chi connectivity index (χ2n) is 4.49. The van der Waals surface area contributed by atoms with Gasteiger partial charge in [0.2, 0.25) is 5.82 Å². The van der Waals surface area contributed by atoms with Crippen molar-refractivity contribution in [3.05, 3.63) is 53.8 Å². The summed E-state index contributed by atoms with van der Waals surface area (Å²) in [6.07, 6.45) is 0. The summed E-state index contributed by atoms with van der Waals surface area (Å²) in [6.45, 7) is 1.94. The molecule has 0 saturated heterocycles. The van der Waals surface area contributed by atoms with Crippen molar-refractivity contribution >= 4 is 5.69 Å². The van der Waals surface area contributed by atoms with Crippen LogP contribution in [0.2, 0.25) is 0 Å². The van der Waals surface area contributed by atoms with E-state index in [1.165, 1.54) is 6.07 Å². The molecule has 0 radical (unpaired) electrons. The first-order valence-corrected chi connectivity index (χ1v) is 6.10. The second kappa shape index (κ2) is 4.77. The average molecular weight is 269 g/mol. The molecule has 0 aliphatic heterocycles. The lowest BCUT2D eigenvalue weighted by Gasteiger charge is -2.01. The smallest absolute Gasteiger partial charge is 0.260 e. The zero-order valence-corrected chi connectivity index (χ0v) is 10.8. The van der Waals surface area contributed by atoms with Gasteiger partial charge >= 0.3 is 0 Å². The minimum atomic E-state index is -0.392. The Morgan fingerprint density at radius 1 is 1.10 bits per heavy atom. The Balaban J connectivity index is 2.07. The number of nitrogen functional groups attached to an aromatic ring is 1. The molecule has 0 spiro atoms. The maximum atomic E-state index is 13.7. The zero-order chi connectivity index (χ0) is 14.1. The number of benzene rings is 2. The molecule has 0 atom stereocenters. The van der Waals surface area contributed by atoms with Gasteiger partial charge in [0.05, 0.1) is 11.1 Å². The van der Waals surface area contributed by atoms with Crippen molar-refractivity contribution in [2.75, 3.05) is 5.73 Å². The first-order chi connectivity index (χ1) is 9.65. The molecule has 1 heterocycles. The molecule has 0 amide bonds. The van der Waals surface area contributed by atoms with Gasteiger partial charge in [-0.3, -0.25) is 0 Å². The molecule has 2 N–H and O–H groups in total. The first kappa shape index (κ1) is 12.3. The Bertz CT molecular complexity index is 767. The average Bonchev–Trinajstić information content (AvgIpc) is 2.91. The van der Waals surface area contributed by atoms with Gasteiger partial charge in [-0.1, -0.05) is 28.9 Å². The molecule has 0 saturated carbocycles. The van der Waals surface area contributed by atoms with Crippen LogP contribution in [0.25, 0.3) is 22.8 Å². The number of nitrogens with zero attached hydrogens (tertiary/aromatic N) is 2. The van der Waals surface area contributed by atoms with Crippen LogP contribution in [-0.4, -0.2) is 10.1 Å². The van der Waals surface area contributed by atoms with Crippen molar-refractivity contribution in [1.29, 1.82) is 0 Å². The van der Waals surface area contributed by atoms with Crippen molar-refractivity contribution in [2.45, 2.75) is 6.92 Å². The van der Waals surface area contributed by atoms with Gasteiger partial charge in [-0.25, -0.2) is 4.39 Å². The molecule has 20 heavy (non-hydrogen) atoms. The number of rotatable bonds is 2. The standard InChI is InChI=1S/C15H12FN3O/c1-9-6-7-13(17)11(8-9)15-18-14(19-20-15)10-4-2-3-5-12(10)16/h2-8H,17H2,1H3. The fourth-order valence-corrected chi connectivity index (χ4v) is 1.94. The van der Waals surface area contributed by atoms with Gasteiger partial charge in [0, 0.05) is 5.69 Å². The van der Waals surface area contributed by atoms with Gasteiger partial charge in [-0.05, 0) is 31.2 Å². The third-order valence-corrected chi connectivity index (χ3v) is 2.98. The molecule has 0 aliphatic rings. The second-order valence-corrected chi connectivity index (χ2v) is 4.49. The van der Waals surface area contributed by atoms with Crippen molar-refractivity contribution in [3.8, 4) is 22.8 Å². The van der Waals surface area contributed by atoms with Crippen molar-refractivity contribution < 1.29 is 8.91 Å². The third-order valence-electron chi connectivity index (χ3n) is 2.98. The number of anilines is 1. The molecule has 0 fully saturated rings. The van der Waals surface area contributed by atoms with Gasteiger partial charge in [0.15, 0.2) is 0 Å². The number of hydrogen-bond acceptors (Lipinski definition) is 4. The van der Waals surface area contributed by atoms with E-state index >= 15 is 0 Å². The minimum Gasteiger partial charge on any atom is -0.398 e. The summed E-state index contributed by atoms with van der Waals surface area (Å²) in [5.74, 6) is 0.0977. The Kier molecular flexibility index (Phi) is 2.95. The lowest BCUT2D eigenvalue weighted by atomic mass is 10.1. The maximum absolute atomic E-state index is 13.7. The van der Waals surface area contributed by atoms with Crippen LogP contribution in [0.3, 0.4) is 0 Å². The summed E-state index contributed by atoms with van der Waals surface area (Å²) in [4.78, 5) is 4.22. The van der Waals surface area contributed by atoms with E-state index in [1.807, 2.05) is 19.1 Å². The highest BCUT2D eigenvalue weighted by Gasteiger charge is 2.15. The van der Waals surface area contributed by atoms with Gasteiger partial charge in [0.1, 0.15) is 5.82 Å². The summed E-state index contributed by atoms with van der Waals surface area (Å²) in [5.41, 5.74) is 8.42. The van der Waals surface area contributed by atoms with Crippen LogP contribution in [0.5, 0.6) is 0 Å². The number of halogens is 1. The molecule has 2 aromatic carbocycles. The topological polar surface area (TPSA) is 64.9 Å². The quantitative estimate of drug-likeness (QED) is 0.724. The molecule has 4 nitrogen and oxygen atoms in total. The highest BCUT2D eigenvalue weighted by atomic mass is 19.1. The Hall–Kier alpha value is -2.69. The van der Waals surface area contributed by atoms with E-state index in [-0.39, 0.29) is 11.7 Å². The lowest BCUT2D eigenvalue weighted by Crippen LogP contribution is -1.91. The van der Waals surface area contributed by atoms with E-state index in [0.29, 0.717) is 16.8 Å². The Morgan fingerprint density at radius 3 is 2.70 bits per heavy atom.